The summed E-state index contributed by atoms with van der Waals surface area (Å²) >= 11 is 6.01. The third kappa shape index (κ3) is 4.07. The molecule has 0 unspecified atom stereocenters. The summed E-state index contributed by atoms with van der Waals surface area (Å²) < 4.78 is 3.58. The second-order valence-electron chi connectivity index (χ2n) is 6.91. The van der Waals surface area contributed by atoms with Gasteiger partial charge in [-0.25, -0.2) is 4.68 Å². The van der Waals surface area contributed by atoms with Crippen molar-refractivity contribution < 1.29 is 4.79 Å². The van der Waals surface area contributed by atoms with E-state index >= 15 is 0 Å². The summed E-state index contributed by atoms with van der Waals surface area (Å²) in [4.78, 5) is 13.0. The number of carbonyl (C=O) groups is 1. The Morgan fingerprint density at radius 2 is 1.79 bits per heavy atom. The first-order chi connectivity index (χ1) is 14.0. The van der Waals surface area contributed by atoms with Gasteiger partial charge >= 0.3 is 0 Å². The van der Waals surface area contributed by atoms with Crippen molar-refractivity contribution in [2.45, 2.75) is 20.4 Å². The standard InChI is InChI=1S/C22H20ClN5O/c1-15-5-7-17(8-6-15)14-28-22(27-11-3-4-12-27)20(25-26-28)21(29)24-19-10-9-18(23)13-16(19)2/h3-13H,14H2,1-2H3,(H,24,29). The topological polar surface area (TPSA) is 64.7 Å². The highest BCUT2D eigenvalue weighted by molar-refractivity contribution is 6.30. The summed E-state index contributed by atoms with van der Waals surface area (Å²) in [5.41, 5.74) is 4.08. The first kappa shape index (κ1) is 19.0. The maximum absolute atomic E-state index is 13.0. The van der Waals surface area contributed by atoms with E-state index in [2.05, 4.69) is 27.8 Å². The third-order valence-corrected chi connectivity index (χ3v) is 4.90. The molecule has 0 fully saturated rings. The minimum Gasteiger partial charge on any atom is -0.320 e. The molecule has 4 rings (SSSR count). The van der Waals surface area contributed by atoms with Crippen LogP contribution in [-0.2, 0) is 6.54 Å². The van der Waals surface area contributed by atoms with E-state index in [-0.39, 0.29) is 11.6 Å². The molecule has 0 saturated carbocycles. The van der Waals surface area contributed by atoms with Gasteiger partial charge in [-0.1, -0.05) is 46.6 Å². The highest BCUT2D eigenvalue weighted by atomic mass is 35.5. The second kappa shape index (κ2) is 7.93. The maximum Gasteiger partial charge on any atom is 0.280 e. The van der Waals surface area contributed by atoms with Crippen LogP contribution in [0.3, 0.4) is 0 Å². The SMILES string of the molecule is Cc1ccc(Cn2nnc(C(=O)Nc3ccc(Cl)cc3C)c2-n2cccc2)cc1. The number of hydrogen-bond donors (Lipinski definition) is 1. The zero-order chi connectivity index (χ0) is 20.4. The van der Waals surface area contributed by atoms with Crippen LogP contribution in [0.1, 0.15) is 27.2 Å². The van der Waals surface area contributed by atoms with Crippen LogP contribution in [0.25, 0.3) is 5.82 Å². The zero-order valence-corrected chi connectivity index (χ0v) is 16.9. The van der Waals surface area contributed by atoms with Gasteiger partial charge in [0.2, 0.25) is 0 Å². The number of rotatable bonds is 5. The largest absolute Gasteiger partial charge is 0.320 e. The Morgan fingerprint density at radius 3 is 2.48 bits per heavy atom. The van der Waals surface area contributed by atoms with Crippen LogP contribution in [0.5, 0.6) is 0 Å². The molecule has 29 heavy (non-hydrogen) atoms. The van der Waals surface area contributed by atoms with Crippen LogP contribution < -0.4 is 5.32 Å². The summed E-state index contributed by atoms with van der Waals surface area (Å²) in [6.45, 7) is 4.45. The van der Waals surface area contributed by atoms with Crippen molar-refractivity contribution in [2.75, 3.05) is 5.32 Å². The number of nitrogens with one attached hydrogen (secondary N) is 1. The fourth-order valence-electron chi connectivity index (χ4n) is 3.11. The first-order valence-electron chi connectivity index (χ1n) is 9.21. The third-order valence-electron chi connectivity index (χ3n) is 4.66. The molecule has 2 aromatic carbocycles. The van der Waals surface area contributed by atoms with Gasteiger partial charge < -0.3 is 9.88 Å². The lowest BCUT2D eigenvalue weighted by Gasteiger charge is -2.11. The Kier molecular flexibility index (Phi) is 5.18. The Bertz CT molecular complexity index is 1150. The number of benzene rings is 2. The normalized spacial score (nSPS) is 10.9. The van der Waals surface area contributed by atoms with Gasteiger partial charge in [0, 0.05) is 23.1 Å². The molecule has 4 aromatic rings. The van der Waals surface area contributed by atoms with E-state index < -0.39 is 0 Å². The van der Waals surface area contributed by atoms with E-state index in [1.165, 1.54) is 5.56 Å². The van der Waals surface area contributed by atoms with Gasteiger partial charge in [-0.3, -0.25) is 4.79 Å². The van der Waals surface area contributed by atoms with Gasteiger partial charge in [-0.2, -0.15) is 0 Å². The lowest BCUT2D eigenvalue weighted by atomic mass is 10.1. The quantitative estimate of drug-likeness (QED) is 0.526. The second-order valence-corrected chi connectivity index (χ2v) is 7.35. The number of nitrogens with zero attached hydrogens (tertiary/aromatic N) is 4. The Labute approximate surface area is 173 Å². The highest BCUT2D eigenvalue weighted by Gasteiger charge is 2.22. The number of aromatic nitrogens is 4. The minimum atomic E-state index is -0.325. The Balaban J connectivity index is 1.68. The smallest absolute Gasteiger partial charge is 0.280 e. The van der Waals surface area contributed by atoms with E-state index in [0.717, 1.165) is 11.1 Å². The van der Waals surface area contributed by atoms with Crippen LogP contribution in [0.2, 0.25) is 5.02 Å². The molecule has 6 nitrogen and oxygen atoms in total. The van der Waals surface area contributed by atoms with Crippen LogP contribution in [0.4, 0.5) is 5.69 Å². The molecule has 146 valence electrons. The highest BCUT2D eigenvalue weighted by Crippen LogP contribution is 2.22. The Morgan fingerprint density at radius 1 is 1.07 bits per heavy atom. The van der Waals surface area contributed by atoms with Gasteiger partial charge in [-0.15, -0.1) is 5.10 Å². The molecule has 0 aliphatic rings. The molecular formula is C22H20ClN5O. The molecule has 0 bridgehead atoms. The van der Waals surface area contributed by atoms with Crippen molar-refractivity contribution in [3.8, 4) is 5.82 Å². The van der Waals surface area contributed by atoms with Crippen molar-refractivity contribution in [3.05, 3.63) is 94.4 Å². The number of anilines is 1. The van der Waals surface area contributed by atoms with Crippen molar-refractivity contribution in [1.82, 2.24) is 19.6 Å². The number of halogens is 1. The maximum atomic E-state index is 13.0. The predicted octanol–water partition coefficient (Wildman–Crippen LogP) is 4.64. The van der Waals surface area contributed by atoms with Crippen molar-refractivity contribution in [1.29, 1.82) is 0 Å². The molecule has 0 aliphatic heterocycles. The van der Waals surface area contributed by atoms with Gasteiger partial charge in [0.05, 0.1) is 6.54 Å². The predicted molar refractivity (Wildman–Crippen MR) is 114 cm³/mol. The molecule has 0 aliphatic carbocycles. The molecule has 0 radical (unpaired) electrons. The lowest BCUT2D eigenvalue weighted by molar-refractivity contribution is 0.102. The molecule has 7 heteroatoms. The van der Waals surface area contributed by atoms with Crippen LogP contribution in [0.15, 0.2) is 67.0 Å². The van der Waals surface area contributed by atoms with Gasteiger partial charge in [-0.05, 0) is 55.3 Å². The van der Waals surface area contributed by atoms with E-state index in [0.29, 0.717) is 23.1 Å². The number of amides is 1. The summed E-state index contributed by atoms with van der Waals surface area (Å²) in [5.74, 6) is 0.286. The van der Waals surface area contributed by atoms with Crippen molar-refractivity contribution >= 4 is 23.2 Å². The molecule has 0 spiro atoms. The average Bonchev–Trinajstić information content (AvgIpc) is 3.35. The summed E-state index contributed by atoms with van der Waals surface area (Å²) in [5, 5.41) is 12.0. The van der Waals surface area contributed by atoms with Crippen LogP contribution in [0, 0.1) is 13.8 Å². The first-order valence-corrected chi connectivity index (χ1v) is 9.59. The zero-order valence-electron chi connectivity index (χ0n) is 16.1. The molecule has 0 saturated heterocycles. The van der Waals surface area contributed by atoms with Gasteiger partial charge in [0.15, 0.2) is 11.5 Å². The fraction of sp³-hybridized carbons (Fsp3) is 0.136. The number of aryl methyl sites for hydroxylation is 2. The summed E-state index contributed by atoms with van der Waals surface area (Å²) in [7, 11) is 0. The molecular weight excluding hydrogens is 386 g/mol. The average molecular weight is 406 g/mol. The molecule has 2 aromatic heterocycles. The van der Waals surface area contributed by atoms with E-state index in [1.54, 1.807) is 22.9 Å². The molecule has 1 amide bonds. The number of hydrogen-bond acceptors (Lipinski definition) is 3. The van der Waals surface area contributed by atoms with Crippen LogP contribution in [-0.4, -0.2) is 25.5 Å². The lowest BCUT2D eigenvalue weighted by Crippen LogP contribution is -2.17. The number of carbonyl (C=O) groups excluding carboxylic acids is 1. The molecule has 1 N–H and O–H groups in total. The van der Waals surface area contributed by atoms with E-state index in [9.17, 15) is 4.79 Å². The minimum absolute atomic E-state index is 0.252. The summed E-state index contributed by atoms with van der Waals surface area (Å²) in [6.07, 6.45) is 3.74. The van der Waals surface area contributed by atoms with Crippen LogP contribution >= 0.6 is 11.6 Å². The van der Waals surface area contributed by atoms with E-state index in [4.69, 9.17) is 11.6 Å². The monoisotopic (exact) mass is 405 g/mol. The van der Waals surface area contributed by atoms with Gasteiger partial charge in [0.25, 0.3) is 5.91 Å². The fourth-order valence-corrected chi connectivity index (χ4v) is 3.33. The molecule has 2 heterocycles. The molecule has 0 atom stereocenters. The summed E-state index contributed by atoms with van der Waals surface area (Å²) in [6, 6.07) is 17.3. The van der Waals surface area contributed by atoms with E-state index in [1.807, 2.05) is 55.1 Å². The van der Waals surface area contributed by atoms with Gasteiger partial charge in [0.1, 0.15) is 0 Å². The Hall–Kier alpha value is -3.38. The van der Waals surface area contributed by atoms with Crippen molar-refractivity contribution in [2.24, 2.45) is 0 Å². The van der Waals surface area contributed by atoms with Crippen molar-refractivity contribution in [3.63, 3.8) is 0 Å².